The van der Waals surface area contributed by atoms with Crippen LogP contribution in [0.4, 0.5) is 13.2 Å². The molecule has 0 unspecified atom stereocenters. The van der Waals surface area contributed by atoms with Gasteiger partial charge < -0.3 is 10.4 Å². The van der Waals surface area contributed by atoms with E-state index in [1.54, 1.807) is 6.92 Å². The predicted molar refractivity (Wildman–Crippen MR) is 84.6 cm³/mol. The highest BCUT2D eigenvalue weighted by Gasteiger charge is 2.34. The Morgan fingerprint density at radius 1 is 1.44 bits per heavy atom. The van der Waals surface area contributed by atoms with Gasteiger partial charge in [0.2, 0.25) is 0 Å². The second-order valence-corrected chi connectivity index (χ2v) is 6.24. The quantitative estimate of drug-likeness (QED) is 0.869. The molecule has 1 aromatic carbocycles. The van der Waals surface area contributed by atoms with E-state index < -0.39 is 17.8 Å². The number of rotatable bonds is 5. The van der Waals surface area contributed by atoms with Crippen molar-refractivity contribution in [1.82, 2.24) is 15.1 Å². The van der Waals surface area contributed by atoms with Crippen molar-refractivity contribution in [3.63, 3.8) is 0 Å². The summed E-state index contributed by atoms with van der Waals surface area (Å²) in [5.41, 5.74) is 0.455. The van der Waals surface area contributed by atoms with Crippen LogP contribution in [0, 0.1) is 0 Å². The third-order valence-corrected chi connectivity index (χ3v) is 3.99. The number of amides is 1. The highest BCUT2D eigenvalue weighted by atomic mass is 19.4. The van der Waals surface area contributed by atoms with Gasteiger partial charge in [-0.25, -0.2) is 4.68 Å². The van der Waals surface area contributed by atoms with Crippen LogP contribution in [0.5, 0.6) is 0 Å². The van der Waals surface area contributed by atoms with Crippen molar-refractivity contribution in [3.05, 3.63) is 47.3 Å². The fourth-order valence-corrected chi connectivity index (χ4v) is 2.64. The Kier molecular flexibility index (Phi) is 4.55. The predicted octanol–water partition coefficient (Wildman–Crippen LogP) is 2.88. The van der Waals surface area contributed by atoms with Crippen LogP contribution in [0.15, 0.2) is 30.5 Å². The molecule has 1 saturated carbocycles. The van der Waals surface area contributed by atoms with E-state index in [4.69, 9.17) is 0 Å². The lowest BCUT2D eigenvalue weighted by Gasteiger charge is -2.12. The zero-order valence-corrected chi connectivity index (χ0v) is 13.5. The number of alkyl halides is 3. The van der Waals surface area contributed by atoms with Crippen molar-refractivity contribution in [1.29, 1.82) is 0 Å². The van der Waals surface area contributed by atoms with Crippen LogP contribution in [0.3, 0.4) is 0 Å². The van der Waals surface area contributed by atoms with Gasteiger partial charge in [0, 0.05) is 12.5 Å². The van der Waals surface area contributed by atoms with Gasteiger partial charge in [0.1, 0.15) is 0 Å². The molecular formula is C17H18F3N3O2. The van der Waals surface area contributed by atoms with Gasteiger partial charge in [-0.2, -0.15) is 18.3 Å². The summed E-state index contributed by atoms with van der Waals surface area (Å²) < 4.78 is 40.2. The standard InChI is InChI=1S/C17H18F3N3O2/c1-10(24)8-21-16(25)14-9-22-23(15(14)11-5-6-11)13-4-2-3-12(7-13)17(18,19)20/h2-4,7,9-11,24H,5-6,8H2,1H3,(H,21,25)/t10-/m0/s1. The van der Waals surface area contributed by atoms with E-state index in [9.17, 15) is 23.1 Å². The van der Waals surface area contributed by atoms with E-state index in [0.717, 1.165) is 25.0 Å². The molecule has 2 N–H and O–H groups in total. The first kappa shape index (κ1) is 17.5. The van der Waals surface area contributed by atoms with E-state index in [-0.39, 0.29) is 24.1 Å². The molecular weight excluding hydrogens is 335 g/mol. The lowest BCUT2D eigenvalue weighted by molar-refractivity contribution is -0.137. The van der Waals surface area contributed by atoms with Crippen molar-refractivity contribution in [2.45, 2.75) is 38.0 Å². The molecule has 0 bridgehead atoms. The number of hydrogen-bond donors (Lipinski definition) is 2. The average Bonchev–Trinajstić information content (AvgIpc) is 3.30. The maximum atomic E-state index is 12.9. The van der Waals surface area contributed by atoms with E-state index in [2.05, 4.69) is 10.4 Å². The summed E-state index contributed by atoms with van der Waals surface area (Å²) in [6.45, 7) is 1.64. The average molecular weight is 353 g/mol. The number of carbonyl (C=O) groups is 1. The summed E-state index contributed by atoms with van der Waals surface area (Å²) in [7, 11) is 0. The fourth-order valence-electron chi connectivity index (χ4n) is 2.64. The largest absolute Gasteiger partial charge is 0.416 e. The molecule has 1 atom stereocenters. The van der Waals surface area contributed by atoms with Crippen LogP contribution >= 0.6 is 0 Å². The van der Waals surface area contributed by atoms with Crippen molar-refractivity contribution in [2.75, 3.05) is 6.54 Å². The van der Waals surface area contributed by atoms with Crippen LogP contribution in [-0.2, 0) is 6.18 Å². The monoisotopic (exact) mass is 353 g/mol. The number of aromatic nitrogens is 2. The minimum atomic E-state index is -4.44. The molecule has 2 aromatic rings. The summed E-state index contributed by atoms with van der Waals surface area (Å²) in [5.74, 6) is -0.287. The van der Waals surface area contributed by atoms with Gasteiger partial charge in [0.15, 0.2) is 0 Å². The topological polar surface area (TPSA) is 67.2 Å². The number of halogens is 3. The molecule has 1 aromatic heterocycles. The molecule has 3 rings (SSSR count). The van der Waals surface area contributed by atoms with E-state index >= 15 is 0 Å². The molecule has 0 saturated heterocycles. The first-order chi connectivity index (χ1) is 11.8. The molecule has 0 aliphatic heterocycles. The van der Waals surface area contributed by atoms with Gasteiger partial charge >= 0.3 is 6.18 Å². The molecule has 0 radical (unpaired) electrons. The van der Waals surface area contributed by atoms with Gasteiger partial charge in [0.05, 0.1) is 34.8 Å². The number of hydrogen-bond acceptors (Lipinski definition) is 3. The summed E-state index contributed by atoms with van der Waals surface area (Å²) in [6, 6.07) is 4.88. The maximum Gasteiger partial charge on any atom is 0.416 e. The number of benzene rings is 1. The van der Waals surface area contributed by atoms with Crippen LogP contribution in [-0.4, -0.2) is 33.4 Å². The molecule has 1 fully saturated rings. The summed E-state index contributed by atoms with van der Waals surface area (Å²) in [4.78, 5) is 12.3. The van der Waals surface area contributed by atoms with Gasteiger partial charge in [0.25, 0.3) is 5.91 Å². The number of nitrogens with one attached hydrogen (secondary N) is 1. The Balaban J connectivity index is 1.97. The number of aliphatic hydroxyl groups excluding tert-OH is 1. The molecule has 1 heterocycles. The minimum absolute atomic E-state index is 0.0949. The maximum absolute atomic E-state index is 12.9. The van der Waals surface area contributed by atoms with E-state index in [1.165, 1.54) is 23.0 Å². The molecule has 1 aliphatic carbocycles. The van der Waals surface area contributed by atoms with E-state index in [1.807, 2.05) is 0 Å². The molecule has 1 aliphatic rings. The van der Waals surface area contributed by atoms with Gasteiger partial charge in [-0.1, -0.05) is 6.07 Å². The lowest BCUT2D eigenvalue weighted by Crippen LogP contribution is -2.31. The Morgan fingerprint density at radius 2 is 2.16 bits per heavy atom. The van der Waals surface area contributed by atoms with Crippen LogP contribution in [0.1, 0.15) is 47.3 Å². The summed E-state index contributed by atoms with van der Waals surface area (Å²) in [5, 5.41) is 16.0. The Morgan fingerprint density at radius 3 is 2.76 bits per heavy atom. The smallest absolute Gasteiger partial charge is 0.392 e. The lowest BCUT2D eigenvalue weighted by atomic mass is 10.1. The number of aliphatic hydroxyl groups is 1. The van der Waals surface area contributed by atoms with E-state index in [0.29, 0.717) is 11.3 Å². The van der Waals surface area contributed by atoms with Crippen molar-refractivity contribution < 1.29 is 23.1 Å². The fraction of sp³-hybridized carbons (Fsp3) is 0.412. The van der Waals surface area contributed by atoms with Crippen molar-refractivity contribution in [2.24, 2.45) is 0 Å². The van der Waals surface area contributed by atoms with Crippen LogP contribution in [0.2, 0.25) is 0 Å². The Labute approximate surface area is 142 Å². The summed E-state index contributed by atoms with van der Waals surface area (Å²) >= 11 is 0. The molecule has 134 valence electrons. The highest BCUT2D eigenvalue weighted by Crippen LogP contribution is 2.42. The minimum Gasteiger partial charge on any atom is -0.392 e. The second kappa shape index (κ2) is 6.51. The molecule has 25 heavy (non-hydrogen) atoms. The van der Waals surface area contributed by atoms with Gasteiger partial charge in [-0.05, 0) is 38.0 Å². The second-order valence-electron chi connectivity index (χ2n) is 6.24. The Bertz CT molecular complexity index is 780. The zero-order chi connectivity index (χ0) is 18.2. The Hall–Kier alpha value is -2.35. The number of nitrogens with zero attached hydrogens (tertiary/aromatic N) is 2. The first-order valence-electron chi connectivity index (χ1n) is 7.99. The summed E-state index contributed by atoms with van der Waals surface area (Å²) in [6.07, 6.45) is -2.04. The molecule has 1 amide bonds. The molecule has 8 heteroatoms. The van der Waals surface area contributed by atoms with Crippen LogP contribution < -0.4 is 5.32 Å². The third-order valence-electron chi connectivity index (χ3n) is 3.99. The molecule has 0 spiro atoms. The zero-order valence-electron chi connectivity index (χ0n) is 13.5. The normalized spacial score (nSPS) is 15.9. The van der Waals surface area contributed by atoms with Crippen molar-refractivity contribution in [3.8, 4) is 5.69 Å². The molecule has 5 nitrogen and oxygen atoms in total. The SMILES string of the molecule is C[C@H](O)CNC(=O)c1cnn(-c2cccc(C(F)(F)F)c2)c1C1CC1. The van der Waals surface area contributed by atoms with Gasteiger partial charge in [-0.3, -0.25) is 4.79 Å². The first-order valence-corrected chi connectivity index (χ1v) is 7.99. The third kappa shape index (κ3) is 3.84. The van der Waals surface area contributed by atoms with Crippen molar-refractivity contribution >= 4 is 5.91 Å². The highest BCUT2D eigenvalue weighted by molar-refractivity contribution is 5.95. The number of carbonyl (C=O) groups excluding carboxylic acids is 1. The van der Waals surface area contributed by atoms with Crippen LogP contribution in [0.25, 0.3) is 5.69 Å². The van der Waals surface area contributed by atoms with Gasteiger partial charge in [-0.15, -0.1) is 0 Å².